The van der Waals surface area contributed by atoms with Gasteiger partial charge in [0.25, 0.3) is 0 Å². The zero-order valence-corrected chi connectivity index (χ0v) is 16.0. The van der Waals surface area contributed by atoms with E-state index in [4.69, 9.17) is 0 Å². The molecule has 0 unspecified atom stereocenters. The normalized spacial score (nSPS) is 12.4. The fourth-order valence-corrected chi connectivity index (χ4v) is 3.67. The van der Waals surface area contributed by atoms with Gasteiger partial charge in [-0.05, 0) is 55.1 Å². The summed E-state index contributed by atoms with van der Waals surface area (Å²) in [6, 6.07) is 12.4. The van der Waals surface area contributed by atoms with Crippen LogP contribution in [0.1, 0.15) is 12.5 Å². The summed E-state index contributed by atoms with van der Waals surface area (Å²) >= 11 is 1.76. The molecule has 0 amide bonds. The second-order valence-electron chi connectivity index (χ2n) is 6.47. The number of hydrogen-bond donors (Lipinski definition) is 2. The minimum atomic E-state index is -0.539. The summed E-state index contributed by atoms with van der Waals surface area (Å²) in [6.07, 6.45) is 4.22. The molecule has 2 aromatic carbocycles. The highest BCUT2D eigenvalue weighted by molar-refractivity contribution is 7.99. The van der Waals surface area contributed by atoms with E-state index in [2.05, 4.69) is 40.7 Å². The van der Waals surface area contributed by atoms with Gasteiger partial charge in [0, 0.05) is 47.2 Å². The number of aromatic nitrogens is 1. The predicted molar refractivity (Wildman–Crippen MR) is 108 cm³/mol. The molecule has 1 heterocycles. The largest absolute Gasteiger partial charge is 0.315 e. The van der Waals surface area contributed by atoms with Gasteiger partial charge in [-0.25, -0.2) is 8.78 Å². The number of pyridine rings is 1. The first-order chi connectivity index (χ1) is 13.1. The van der Waals surface area contributed by atoms with E-state index in [0.717, 1.165) is 23.9 Å². The van der Waals surface area contributed by atoms with Crippen molar-refractivity contribution in [1.82, 2.24) is 15.6 Å². The Hall–Kier alpha value is -2.02. The average molecular weight is 387 g/mol. The Labute approximate surface area is 162 Å². The van der Waals surface area contributed by atoms with Gasteiger partial charge >= 0.3 is 0 Å². The molecule has 0 aliphatic rings. The monoisotopic (exact) mass is 387 g/mol. The van der Waals surface area contributed by atoms with E-state index in [-0.39, 0.29) is 0 Å². The van der Waals surface area contributed by atoms with E-state index in [9.17, 15) is 8.78 Å². The summed E-state index contributed by atoms with van der Waals surface area (Å²) in [5, 5.41) is 9.11. The third kappa shape index (κ3) is 5.99. The van der Waals surface area contributed by atoms with Crippen LogP contribution in [0.3, 0.4) is 0 Å². The van der Waals surface area contributed by atoms with E-state index >= 15 is 0 Å². The molecule has 0 saturated heterocycles. The Morgan fingerprint density at radius 2 is 1.96 bits per heavy atom. The molecule has 2 N–H and O–H groups in total. The Morgan fingerprint density at radius 1 is 1.07 bits per heavy atom. The summed E-state index contributed by atoms with van der Waals surface area (Å²) in [5.41, 5.74) is 0.534. The lowest BCUT2D eigenvalue weighted by Crippen LogP contribution is -2.36. The van der Waals surface area contributed by atoms with E-state index in [1.165, 1.54) is 22.4 Å². The molecule has 0 saturated carbocycles. The quantitative estimate of drug-likeness (QED) is 0.325. The summed E-state index contributed by atoms with van der Waals surface area (Å²) in [6.45, 7) is 3.55. The smallest absolute Gasteiger partial charge is 0.129 e. The van der Waals surface area contributed by atoms with Crippen molar-refractivity contribution >= 4 is 22.5 Å². The van der Waals surface area contributed by atoms with Crippen molar-refractivity contribution in [3.8, 4) is 0 Å². The van der Waals surface area contributed by atoms with Gasteiger partial charge in [0.2, 0.25) is 0 Å². The van der Waals surface area contributed by atoms with Crippen molar-refractivity contribution in [1.29, 1.82) is 0 Å². The number of fused-ring (bicyclic) bond motifs is 1. The number of hydrogen-bond acceptors (Lipinski definition) is 4. The molecule has 0 bridgehead atoms. The molecular weight excluding hydrogens is 364 g/mol. The van der Waals surface area contributed by atoms with Crippen LogP contribution in [0.25, 0.3) is 10.8 Å². The van der Waals surface area contributed by atoms with Crippen LogP contribution in [-0.4, -0.2) is 30.0 Å². The molecule has 0 spiro atoms. The standard InChI is InChI=1S/C21H23F2N3S/c1-15(12-24-8-6-16-2-4-19(22)11-21(16)23)26-14-27-20-5-3-18-13-25-9-7-17(18)10-20/h2-5,7,9-11,13,15,24,26H,6,8,12,14H2,1H3/t15-/m1/s1. The summed E-state index contributed by atoms with van der Waals surface area (Å²) in [5.74, 6) is -0.209. The molecule has 142 valence electrons. The maximum Gasteiger partial charge on any atom is 0.129 e. The molecule has 1 atom stereocenters. The third-order valence-corrected chi connectivity index (χ3v) is 5.22. The van der Waals surface area contributed by atoms with Crippen LogP contribution in [-0.2, 0) is 6.42 Å². The van der Waals surface area contributed by atoms with Gasteiger partial charge < -0.3 is 10.6 Å². The maximum absolute atomic E-state index is 13.6. The molecule has 3 rings (SSSR count). The zero-order valence-electron chi connectivity index (χ0n) is 15.2. The lowest BCUT2D eigenvalue weighted by Gasteiger charge is -2.15. The SMILES string of the molecule is C[C@H](CNCCc1ccc(F)cc1F)NCSc1ccc2cnccc2c1. The molecule has 27 heavy (non-hydrogen) atoms. The molecular formula is C21H23F2N3S. The van der Waals surface area contributed by atoms with Gasteiger partial charge in [-0.15, -0.1) is 11.8 Å². The molecule has 6 heteroatoms. The van der Waals surface area contributed by atoms with Crippen molar-refractivity contribution in [2.24, 2.45) is 0 Å². The van der Waals surface area contributed by atoms with Crippen LogP contribution in [0.2, 0.25) is 0 Å². The molecule has 0 radical (unpaired) electrons. The number of nitrogens with zero attached hydrogens (tertiary/aromatic N) is 1. The molecule has 0 aliphatic heterocycles. The minimum absolute atomic E-state index is 0.292. The van der Waals surface area contributed by atoms with Gasteiger partial charge in [0.1, 0.15) is 11.6 Å². The van der Waals surface area contributed by atoms with Crippen LogP contribution in [0.4, 0.5) is 8.78 Å². The third-order valence-electron chi connectivity index (χ3n) is 4.32. The Bertz CT molecular complexity index is 888. The summed E-state index contributed by atoms with van der Waals surface area (Å²) in [7, 11) is 0. The van der Waals surface area contributed by atoms with Gasteiger partial charge in [-0.3, -0.25) is 4.98 Å². The highest BCUT2D eigenvalue weighted by Crippen LogP contribution is 2.22. The number of rotatable bonds is 9. The highest BCUT2D eigenvalue weighted by Gasteiger charge is 2.05. The average Bonchev–Trinajstić information content (AvgIpc) is 2.66. The van der Waals surface area contributed by atoms with E-state index in [1.807, 2.05) is 12.3 Å². The second kappa shape index (κ2) is 9.78. The summed E-state index contributed by atoms with van der Waals surface area (Å²) in [4.78, 5) is 5.34. The molecule has 0 aliphatic carbocycles. The first-order valence-corrected chi connectivity index (χ1v) is 9.95. The Morgan fingerprint density at radius 3 is 2.81 bits per heavy atom. The zero-order chi connectivity index (χ0) is 19.1. The van der Waals surface area contributed by atoms with Crippen molar-refractivity contribution in [3.63, 3.8) is 0 Å². The van der Waals surface area contributed by atoms with Crippen LogP contribution in [0.15, 0.2) is 59.8 Å². The first kappa shape index (κ1) is 19.7. The van der Waals surface area contributed by atoms with E-state index in [0.29, 0.717) is 24.6 Å². The Balaban J connectivity index is 1.35. The van der Waals surface area contributed by atoms with E-state index in [1.54, 1.807) is 18.0 Å². The maximum atomic E-state index is 13.6. The van der Waals surface area contributed by atoms with Crippen LogP contribution in [0, 0.1) is 11.6 Å². The molecule has 3 aromatic rings. The summed E-state index contributed by atoms with van der Waals surface area (Å²) < 4.78 is 26.5. The van der Waals surface area contributed by atoms with E-state index < -0.39 is 11.6 Å². The van der Waals surface area contributed by atoms with Gasteiger partial charge in [-0.2, -0.15) is 0 Å². The number of nitrogens with one attached hydrogen (secondary N) is 2. The van der Waals surface area contributed by atoms with Crippen LogP contribution < -0.4 is 10.6 Å². The Kier molecular flexibility index (Phi) is 7.15. The van der Waals surface area contributed by atoms with Crippen LogP contribution >= 0.6 is 11.8 Å². The van der Waals surface area contributed by atoms with Gasteiger partial charge in [0.15, 0.2) is 0 Å². The van der Waals surface area contributed by atoms with Crippen molar-refractivity contribution in [2.75, 3.05) is 19.0 Å². The number of thioether (sulfide) groups is 1. The second-order valence-corrected chi connectivity index (χ2v) is 7.52. The molecule has 1 aromatic heterocycles. The van der Waals surface area contributed by atoms with Gasteiger partial charge in [0.05, 0.1) is 0 Å². The highest BCUT2D eigenvalue weighted by atomic mass is 32.2. The topological polar surface area (TPSA) is 37.0 Å². The lowest BCUT2D eigenvalue weighted by molar-refractivity contribution is 0.529. The molecule has 3 nitrogen and oxygen atoms in total. The predicted octanol–water partition coefficient (Wildman–Crippen LogP) is 4.37. The lowest BCUT2D eigenvalue weighted by atomic mass is 10.1. The van der Waals surface area contributed by atoms with Crippen LogP contribution in [0.5, 0.6) is 0 Å². The molecule has 0 fully saturated rings. The van der Waals surface area contributed by atoms with Crippen molar-refractivity contribution in [2.45, 2.75) is 24.3 Å². The van der Waals surface area contributed by atoms with Crippen molar-refractivity contribution < 1.29 is 8.78 Å². The fraction of sp³-hybridized carbons (Fsp3) is 0.286. The number of halogens is 2. The minimum Gasteiger partial charge on any atom is -0.315 e. The number of benzene rings is 2. The first-order valence-electron chi connectivity index (χ1n) is 8.96. The fourth-order valence-electron chi connectivity index (χ4n) is 2.76. The van der Waals surface area contributed by atoms with Gasteiger partial charge in [-0.1, -0.05) is 12.1 Å². The van der Waals surface area contributed by atoms with Crippen molar-refractivity contribution in [3.05, 3.63) is 72.1 Å².